The van der Waals surface area contributed by atoms with Crippen LogP contribution >= 0.6 is 24.8 Å². The van der Waals surface area contributed by atoms with Crippen molar-refractivity contribution in [3.8, 4) is 0 Å². The van der Waals surface area contributed by atoms with Gasteiger partial charge in [0.25, 0.3) is 0 Å². The maximum Gasteiger partial charge on any atom is 0.327 e. The van der Waals surface area contributed by atoms with Crippen molar-refractivity contribution in [2.75, 3.05) is 19.6 Å². The number of nitrogens with zero attached hydrogens (tertiary/aromatic N) is 1. The van der Waals surface area contributed by atoms with Gasteiger partial charge in [0.1, 0.15) is 12.1 Å². The van der Waals surface area contributed by atoms with Crippen LogP contribution in [0.5, 0.6) is 0 Å². The third-order valence-electron chi connectivity index (χ3n) is 4.55. The van der Waals surface area contributed by atoms with E-state index in [1.807, 2.05) is 31.2 Å². The van der Waals surface area contributed by atoms with Crippen molar-refractivity contribution in [2.24, 2.45) is 11.7 Å². The second-order valence-corrected chi connectivity index (χ2v) is 6.00. The summed E-state index contributed by atoms with van der Waals surface area (Å²) >= 11 is 0. The molecule has 0 spiro atoms. The molecule has 0 radical (unpaired) electrons. The summed E-state index contributed by atoms with van der Waals surface area (Å²) in [6, 6.07) is 7.06. The predicted octanol–water partition coefficient (Wildman–Crippen LogP) is 2.48. The molecule has 124 valence electrons. The highest BCUT2D eigenvalue weighted by Gasteiger charge is 2.37. The van der Waals surface area contributed by atoms with E-state index in [9.17, 15) is 4.79 Å². The minimum Gasteiger partial charge on any atom is -0.459 e. The van der Waals surface area contributed by atoms with Crippen LogP contribution in [0, 0.1) is 12.8 Å². The van der Waals surface area contributed by atoms with Crippen LogP contribution in [-0.4, -0.2) is 36.6 Å². The van der Waals surface area contributed by atoms with E-state index in [-0.39, 0.29) is 36.9 Å². The second-order valence-electron chi connectivity index (χ2n) is 6.00. The third kappa shape index (κ3) is 4.13. The van der Waals surface area contributed by atoms with Crippen molar-refractivity contribution in [3.63, 3.8) is 0 Å². The lowest BCUT2D eigenvalue weighted by Crippen LogP contribution is -2.52. The maximum absolute atomic E-state index is 12.2. The van der Waals surface area contributed by atoms with E-state index in [4.69, 9.17) is 10.5 Å². The van der Waals surface area contributed by atoms with Crippen LogP contribution in [0.4, 0.5) is 0 Å². The largest absolute Gasteiger partial charge is 0.459 e. The summed E-state index contributed by atoms with van der Waals surface area (Å²) < 4.78 is 5.67. The van der Waals surface area contributed by atoms with Gasteiger partial charge in [-0.15, -0.1) is 24.8 Å². The fourth-order valence-corrected chi connectivity index (χ4v) is 3.18. The van der Waals surface area contributed by atoms with Gasteiger partial charge in [-0.05, 0) is 44.3 Å². The Kier molecular flexibility index (Phi) is 7.13. The molecule has 4 nitrogen and oxygen atoms in total. The maximum atomic E-state index is 12.2. The quantitative estimate of drug-likeness (QED) is 0.854. The zero-order chi connectivity index (χ0) is 14.1. The number of benzene rings is 1. The summed E-state index contributed by atoms with van der Waals surface area (Å²) in [6.45, 7) is 5.17. The van der Waals surface area contributed by atoms with Crippen LogP contribution in [0.2, 0.25) is 0 Å². The molecule has 0 aromatic heterocycles. The monoisotopic (exact) mass is 346 g/mol. The summed E-state index contributed by atoms with van der Waals surface area (Å²) in [5.74, 6) is 0.224. The first-order valence-corrected chi connectivity index (χ1v) is 7.38. The van der Waals surface area contributed by atoms with E-state index < -0.39 is 6.04 Å². The van der Waals surface area contributed by atoms with Gasteiger partial charge >= 0.3 is 5.97 Å². The van der Waals surface area contributed by atoms with Gasteiger partial charge in [-0.1, -0.05) is 29.8 Å². The highest BCUT2D eigenvalue weighted by molar-refractivity contribution is 5.85. The molecule has 0 amide bonds. The molecule has 3 aliphatic rings. The number of hydrogen-bond acceptors (Lipinski definition) is 4. The minimum atomic E-state index is -0.675. The van der Waals surface area contributed by atoms with Crippen LogP contribution in [0.25, 0.3) is 0 Å². The van der Waals surface area contributed by atoms with Crippen LogP contribution in [-0.2, 0) is 9.53 Å². The van der Waals surface area contributed by atoms with Crippen molar-refractivity contribution in [1.82, 2.24) is 4.90 Å². The molecule has 2 atom stereocenters. The van der Waals surface area contributed by atoms with Gasteiger partial charge in [0.2, 0.25) is 0 Å². The SMILES string of the molecule is Cc1ccc(C(N)C(=O)OC2CN3CCC2CC3)cc1.Cl.Cl. The number of carbonyl (C=O) groups excluding carboxylic acids is 1. The molecule has 2 unspecified atom stereocenters. The number of ether oxygens (including phenoxy) is 1. The third-order valence-corrected chi connectivity index (χ3v) is 4.55. The lowest BCUT2D eigenvalue weighted by atomic mass is 9.86. The standard InChI is InChI=1S/C16H22N2O2.2ClH/c1-11-2-4-13(5-3-11)15(17)16(19)20-14-10-18-8-6-12(14)7-9-18;;/h2-5,12,14-15H,6-10,17H2,1H3;2*1H. The Labute approximate surface area is 144 Å². The second kappa shape index (κ2) is 8.16. The van der Waals surface area contributed by atoms with Crippen LogP contribution < -0.4 is 5.73 Å². The van der Waals surface area contributed by atoms with Crippen LogP contribution in [0.1, 0.15) is 30.0 Å². The van der Waals surface area contributed by atoms with Crippen LogP contribution in [0.15, 0.2) is 24.3 Å². The summed E-state index contributed by atoms with van der Waals surface area (Å²) in [6.07, 6.45) is 2.30. The van der Waals surface area contributed by atoms with E-state index in [1.54, 1.807) is 0 Å². The lowest BCUT2D eigenvalue weighted by molar-refractivity contribution is -0.160. The van der Waals surface area contributed by atoms with E-state index in [1.165, 1.54) is 0 Å². The van der Waals surface area contributed by atoms with Gasteiger partial charge in [0.05, 0.1) is 0 Å². The van der Waals surface area contributed by atoms with E-state index in [0.29, 0.717) is 5.92 Å². The molecule has 2 bridgehead atoms. The molecule has 4 rings (SSSR count). The zero-order valence-electron chi connectivity index (χ0n) is 12.7. The van der Waals surface area contributed by atoms with Gasteiger partial charge in [-0.25, -0.2) is 4.79 Å². The number of hydrogen-bond donors (Lipinski definition) is 1. The molecular weight excluding hydrogens is 323 g/mol. The summed E-state index contributed by atoms with van der Waals surface area (Å²) in [7, 11) is 0. The van der Waals surface area contributed by atoms with E-state index in [0.717, 1.165) is 43.6 Å². The molecule has 0 saturated carbocycles. The molecule has 22 heavy (non-hydrogen) atoms. The summed E-state index contributed by atoms with van der Waals surface area (Å²) in [5.41, 5.74) is 8.00. The molecule has 3 aliphatic heterocycles. The van der Waals surface area contributed by atoms with E-state index >= 15 is 0 Å². The highest BCUT2D eigenvalue weighted by atomic mass is 35.5. The number of aryl methyl sites for hydroxylation is 1. The van der Waals surface area contributed by atoms with Crippen molar-refractivity contribution in [1.29, 1.82) is 0 Å². The number of fused-ring (bicyclic) bond motifs is 3. The number of carbonyl (C=O) groups is 1. The summed E-state index contributed by atoms with van der Waals surface area (Å²) in [5, 5.41) is 0. The Morgan fingerprint density at radius 2 is 1.82 bits per heavy atom. The Morgan fingerprint density at radius 3 is 2.32 bits per heavy atom. The van der Waals surface area contributed by atoms with Gasteiger partial charge in [0.15, 0.2) is 0 Å². The first-order chi connectivity index (χ1) is 9.63. The fourth-order valence-electron chi connectivity index (χ4n) is 3.18. The van der Waals surface area contributed by atoms with Gasteiger partial charge in [-0.3, -0.25) is 4.90 Å². The van der Waals surface area contributed by atoms with Crippen molar-refractivity contribution in [3.05, 3.63) is 35.4 Å². The van der Waals surface area contributed by atoms with Crippen molar-refractivity contribution < 1.29 is 9.53 Å². The zero-order valence-corrected chi connectivity index (χ0v) is 14.4. The fraction of sp³-hybridized carbons (Fsp3) is 0.562. The van der Waals surface area contributed by atoms with E-state index in [2.05, 4.69) is 4.90 Å². The number of halogens is 2. The smallest absolute Gasteiger partial charge is 0.327 e. The number of nitrogens with two attached hydrogens (primary N) is 1. The van der Waals surface area contributed by atoms with Gasteiger partial charge in [-0.2, -0.15) is 0 Å². The molecule has 1 aromatic carbocycles. The Morgan fingerprint density at radius 1 is 1.23 bits per heavy atom. The van der Waals surface area contributed by atoms with Gasteiger partial charge in [0, 0.05) is 6.54 Å². The average molecular weight is 347 g/mol. The average Bonchev–Trinajstić information content (AvgIpc) is 2.48. The Balaban J connectivity index is 0.00000121. The molecule has 3 heterocycles. The summed E-state index contributed by atoms with van der Waals surface area (Å²) in [4.78, 5) is 14.6. The highest BCUT2D eigenvalue weighted by Crippen LogP contribution is 2.30. The molecule has 1 aromatic rings. The van der Waals surface area contributed by atoms with Gasteiger partial charge < -0.3 is 10.5 Å². The molecular formula is C16H24Cl2N2O2. The molecule has 0 aliphatic carbocycles. The number of esters is 1. The van der Waals surface area contributed by atoms with Crippen LogP contribution in [0.3, 0.4) is 0 Å². The molecule has 3 fully saturated rings. The lowest BCUT2D eigenvalue weighted by Gasteiger charge is -2.44. The number of piperidine rings is 3. The predicted molar refractivity (Wildman–Crippen MR) is 91.6 cm³/mol. The molecule has 2 N–H and O–H groups in total. The first-order valence-electron chi connectivity index (χ1n) is 7.38. The number of rotatable bonds is 3. The van der Waals surface area contributed by atoms with Crippen molar-refractivity contribution in [2.45, 2.75) is 31.9 Å². The Bertz CT molecular complexity index is 487. The van der Waals surface area contributed by atoms with Crippen molar-refractivity contribution >= 4 is 30.8 Å². The molecule has 3 saturated heterocycles. The topological polar surface area (TPSA) is 55.6 Å². The Hall–Kier alpha value is -0.810. The first kappa shape index (κ1) is 19.2. The molecule has 6 heteroatoms. The normalized spacial score (nSPS) is 27.3. The minimum absolute atomic E-state index is 0.